The maximum atomic E-state index is 13.7. The van der Waals surface area contributed by atoms with Crippen molar-refractivity contribution in [3.8, 4) is 0 Å². The number of nitrogens with one attached hydrogen (secondary N) is 2. The summed E-state index contributed by atoms with van der Waals surface area (Å²) < 4.78 is 13.7. The summed E-state index contributed by atoms with van der Waals surface area (Å²) in [7, 11) is 0. The van der Waals surface area contributed by atoms with Gasteiger partial charge in [0.05, 0.1) is 0 Å². The average molecular weight is 378 g/mol. The number of nitrogens with zero attached hydrogens (tertiary/aromatic N) is 2. The Morgan fingerprint density at radius 2 is 1.68 bits per heavy atom. The Balaban J connectivity index is 1.67. The summed E-state index contributed by atoms with van der Waals surface area (Å²) in [4.78, 5) is 12.5. The van der Waals surface area contributed by atoms with Gasteiger partial charge >= 0.3 is 0 Å². The van der Waals surface area contributed by atoms with Gasteiger partial charge in [-0.15, -0.1) is 10.2 Å². The molecule has 0 spiro atoms. The third kappa shape index (κ3) is 4.71. The molecule has 3 aromatic rings. The van der Waals surface area contributed by atoms with Crippen LogP contribution in [-0.2, 0) is 12.0 Å². The number of benzene rings is 2. The monoisotopic (exact) mass is 378 g/mol. The van der Waals surface area contributed by atoms with Crippen LogP contribution in [0.25, 0.3) is 0 Å². The Bertz CT molecular complexity index is 965. The highest BCUT2D eigenvalue weighted by Crippen LogP contribution is 2.29. The van der Waals surface area contributed by atoms with Crippen LogP contribution in [0.3, 0.4) is 0 Å². The van der Waals surface area contributed by atoms with Crippen LogP contribution in [0.1, 0.15) is 42.4 Å². The third-order valence-electron chi connectivity index (χ3n) is 4.30. The fourth-order valence-corrected chi connectivity index (χ4v) is 2.81. The van der Waals surface area contributed by atoms with E-state index in [1.807, 2.05) is 24.3 Å². The lowest BCUT2D eigenvalue weighted by Gasteiger charge is -2.22. The standard InChI is InChI=1S/C22H23FN4O/c1-22(2,3)16-9-5-7-11-18(16)25-21(28)19-12-13-20(27-26-19)24-14-15-8-4-6-10-17(15)23/h4-13H,14H2,1-3H3,(H,24,27)(H,25,28). The zero-order valence-corrected chi connectivity index (χ0v) is 16.2. The van der Waals surface area contributed by atoms with Crippen molar-refractivity contribution >= 4 is 17.4 Å². The van der Waals surface area contributed by atoms with E-state index < -0.39 is 0 Å². The second kappa shape index (κ2) is 8.17. The Morgan fingerprint density at radius 3 is 2.36 bits per heavy atom. The number of halogens is 1. The smallest absolute Gasteiger partial charge is 0.276 e. The second-order valence-corrected chi connectivity index (χ2v) is 7.50. The SMILES string of the molecule is CC(C)(C)c1ccccc1NC(=O)c1ccc(NCc2ccccc2F)nn1. The number of para-hydroxylation sites is 1. The van der Waals surface area contributed by atoms with Crippen LogP contribution in [0.2, 0.25) is 0 Å². The lowest BCUT2D eigenvalue weighted by atomic mass is 9.86. The minimum Gasteiger partial charge on any atom is -0.364 e. The number of rotatable bonds is 5. The fourth-order valence-electron chi connectivity index (χ4n) is 2.81. The molecule has 5 nitrogen and oxygen atoms in total. The first kappa shape index (κ1) is 19.5. The Morgan fingerprint density at radius 1 is 0.964 bits per heavy atom. The van der Waals surface area contributed by atoms with Crippen LogP contribution in [-0.4, -0.2) is 16.1 Å². The Labute approximate surface area is 164 Å². The molecule has 0 radical (unpaired) electrons. The molecule has 0 aliphatic heterocycles. The largest absolute Gasteiger partial charge is 0.364 e. The molecule has 0 saturated heterocycles. The van der Waals surface area contributed by atoms with Crippen LogP contribution < -0.4 is 10.6 Å². The molecule has 144 valence electrons. The highest BCUT2D eigenvalue weighted by atomic mass is 19.1. The van der Waals surface area contributed by atoms with Crippen molar-refractivity contribution in [3.05, 3.63) is 83.3 Å². The number of carbonyl (C=O) groups is 1. The summed E-state index contributed by atoms with van der Waals surface area (Å²) >= 11 is 0. The topological polar surface area (TPSA) is 66.9 Å². The number of hydrogen-bond donors (Lipinski definition) is 2. The average Bonchev–Trinajstić information content (AvgIpc) is 2.67. The zero-order chi connectivity index (χ0) is 20.1. The van der Waals surface area contributed by atoms with Crippen LogP contribution in [0.4, 0.5) is 15.9 Å². The summed E-state index contributed by atoms with van der Waals surface area (Å²) in [5, 5.41) is 13.9. The highest BCUT2D eigenvalue weighted by molar-refractivity contribution is 6.03. The molecule has 28 heavy (non-hydrogen) atoms. The van der Waals surface area contributed by atoms with Crippen LogP contribution in [0, 0.1) is 5.82 Å². The van der Waals surface area contributed by atoms with E-state index in [1.54, 1.807) is 30.3 Å². The third-order valence-corrected chi connectivity index (χ3v) is 4.30. The van der Waals surface area contributed by atoms with Crippen molar-refractivity contribution in [2.75, 3.05) is 10.6 Å². The number of aromatic nitrogens is 2. The highest BCUT2D eigenvalue weighted by Gasteiger charge is 2.19. The van der Waals surface area contributed by atoms with Gasteiger partial charge in [-0.1, -0.05) is 57.2 Å². The van der Waals surface area contributed by atoms with Crippen molar-refractivity contribution in [1.29, 1.82) is 0 Å². The fraction of sp³-hybridized carbons (Fsp3) is 0.227. The van der Waals surface area contributed by atoms with Gasteiger partial charge in [-0.25, -0.2) is 4.39 Å². The molecule has 1 amide bonds. The normalized spacial score (nSPS) is 11.1. The maximum Gasteiger partial charge on any atom is 0.276 e. The van der Waals surface area contributed by atoms with E-state index in [9.17, 15) is 9.18 Å². The van der Waals surface area contributed by atoms with Gasteiger partial charge < -0.3 is 10.6 Å². The molecule has 1 heterocycles. The summed E-state index contributed by atoms with van der Waals surface area (Å²) in [6.45, 7) is 6.56. The summed E-state index contributed by atoms with van der Waals surface area (Å²) in [6, 6.07) is 17.5. The zero-order valence-electron chi connectivity index (χ0n) is 16.2. The van der Waals surface area contributed by atoms with Gasteiger partial charge in [0, 0.05) is 17.8 Å². The molecule has 2 aromatic carbocycles. The lowest BCUT2D eigenvalue weighted by molar-refractivity contribution is 0.102. The lowest BCUT2D eigenvalue weighted by Crippen LogP contribution is -2.19. The van der Waals surface area contributed by atoms with Crippen molar-refractivity contribution in [1.82, 2.24) is 10.2 Å². The van der Waals surface area contributed by atoms with Gasteiger partial charge in [-0.2, -0.15) is 0 Å². The number of hydrogen-bond acceptors (Lipinski definition) is 4. The van der Waals surface area contributed by atoms with E-state index in [0.717, 1.165) is 11.3 Å². The quantitative estimate of drug-likeness (QED) is 0.671. The first-order valence-corrected chi connectivity index (χ1v) is 9.06. The molecular weight excluding hydrogens is 355 g/mol. The van der Waals surface area contributed by atoms with E-state index in [2.05, 4.69) is 41.6 Å². The van der Waals surface area contributed by atoms with Gasteiger partial charge in [-0.3, -0.25) is 4.79 Å². The molecule has 0 bridgehead atoms. The molecule has 1 aromatic heterocycles. The van der Waals surface area contributed by atoms with Crippen molar-refractivity contribution < 1.29 is 9.18 Å². The molecule has 0 fully saturated rings. The van der Waals surface area contributed by atoms with Gasteiger partial charge in [-0.05, 0) is 35.2 Å². The van der Waals surface area contributed by atoms with Gasteiger partial charge in [0.2, 0.25) is 0 Å². The molecule has 2 N–H and O–H groups in total. The molecule has 6 heteroatoms. The van der Waals surface area contributed by atoms with E-state index in [1.165, 1.54) is 6.07 Å². The molecule has 0 aliphatic rings. The predicted molar refractivity (Wildman–Crippen MR) is 109 cm³/mol. The van der Waals surface area contributed by atoms with E-state index in [-0.39, 0.29) is 29.4 Å². The molecule has 0 aliphatic carbocycles. The Kier molecular flexibility index (Phi) is 5.68. The minimum atomic E-state index is -0.329. The van der Waals surface area contributed by atoms with E-state index in [0.29, 0.717) is 11.4 Å². The number of anilines is 2. The minimum absolute atomic E-state index is 0.101. The summed E-state index contributed by atoms with van der Waals surface area (Å²) in [6.07, 6.45) is 0. The summed E-state index contributed by atoms with van der Waals surface area (Å²) in [5.74, 6) is -0.142. The molecule has 0 unspecified atom stereocenters. The second-order valence-electron chi connectivity index (χ2n) is 7.50. The first-order valence-electron chi connectivity index (χ1n) is 9.06. The first-order chi connectivity index (χ1) is 13.3. The molecule has 0 saturated carbocycles. The van der Waals surface area contributed by atoms with Crippen LogP contribution >= 0.6 is 0 Å². The van der Waals surface area contributed by atoms with Crippen molar-refractivity contribution in [2.45, 2.75) is 32.7 Å². The molecule has 3 rings (SSSR count). The summed E-state index contributed by atoms with van der Waals surface area (Å²) in [5.41, 5.74) is 2.43. The molecular formula is C22H23FN4O. The van der Waals surface area contributed by atoms with Crippen molar-refractivity contribution in [3.63, 3.8) is 0 Å². The molecule has 0 atom stereocenters. The number of amides is 1. The van der Waals surface area contributed by atoms with Crippen molar-refractivity contribution in [2.24, 2.45) is 0 Å². The van der Waals surface area contributed by atoms with Gasteiger partial charge in [0.1, 0.15) is 11.6 Å². The maximum absolute atomic E-state index is 13.7. The van der Waals surface area contributed by atoms with Crippen LogP contribution in [0.15, 0.2) is 60.7 Å². The number of carbonyl (C=O) groups excluding carboxylic acids is 1. The Hall–Kier alpha value is -3.28. The predicted octanol–water partition coefficient (Wildman–Crippen LogP) is 4.78. The van der Waals surface area contributed by atoms with Gasteiger partial charge in [0.15, 0.2) is 5.69 Å². The van der Waals surface area contributed by atoms with E-state index >= 15 is 0 Å². The van der Waals surface area contributed by atoms with Crippen LogP contribution in [0.5, 0.6) is 0 Å². The van der Waals surface area contributed by atoms with Gasteiger partial charge in [0.25, 0.3) is 5.91 Å². The van der Waals surface area contributed by atoms with E-state index in [4.69, 9.17) is 0 Å².